The van der Waals surface area contributed by atoms with Crippen molar-refractivity contribution in [3.8, 4) is 0 Å². The van der Waals surface area contributed by atoms with Crippen molar-refractivity contribution < 1.29 is 14.3 Å². The first-order chi connectivity index (χ1) is 6.57. The van der Waals surface area contributed by atoms with Gasteiger partial charge in [-0.25, -0.2) is 0 Å². The lowest BCUT2D eigenvalue weighted by molar-refractivity contribution is -0.142. The van der Waals surface area contributed by atoms with Crippen molar-refractivity contribution in [1.29, 1.82) is 0 Å². The van der Waals surface area contributed by atoms with Gasteiger partial charge in [-0.15, -0.1) is 0 Å². The number of amides is 1. The van der Waals surface area contributed by atoms with Crippen molar-refractivity contribution >= 4 is 23.6 Å². The van der Waals surface area contributed by atoms with Crippen LogP contribution < -0.4 is 11.5 Å². The maximum Gasteiger partial charge on any atom is 0.322 e. The van der Waals surface area contributed by atoms with Crippen molar-refractivity contribution in [2.75, 3.05) is 18.6 Å². The van der Waals surface area contributed by atoms with E-state index in [4.69, 9.17) is 11.5 Å². The Morgan fingerprint density at radius 2 is 2.07 bits per heavy atom. The molecule has 1 amide bonds. The summed E-state index contributed by atoms with van der Waals surface area (Å²) in [6.07, 6.45) is 0.911. The lowest BCUT2D eigenvalue weighted by Crippen LogP contribution is -2.32. The maximum absolute atomic E-state index is 10.9. The first-order valence-corrected chi connectivity index (χ1v) is 5.43. The number of ether oxygens (including phenoxy) is 1. The number of hydrogen-bond donors (Lipinski definition) is 2. The smallest absolute Gasteiger partial charge is 0.322 e. The molecule has 5 nitrogen and oxygen atoms in total. The molecule has 0 bridgehead atoms. The van der Waals surface area contributed by atoms with Gasteiger partial charge >= 0.3 is 5.97 Å². The number of thioether (sulfide) groups is 1. The van der Waals surface area contributed by atoms with Crippen LogP contribution >= 0.6 is 11.8 Å². The normalized spacial score (nSPS) is 12.1. The topological polar surface area (TPSA) is 95.4 Å². The zero-order valence-electron chi connectivity index (χ0n) is 8.19. The van der Waals surface area contributed by atoms with Gasteiger partial charge in [-0.05, 0) is 12.2 Å². The van der Waals surface area contributed by atoms with Gasteiger partial charge in [-0.2, -0.15) is 11.8 Å². The summed E-state index contributed by atoms with van der Waals surface area (Å²) in [6.45, 7) is 0. The fourth-order valence-electron chi connectivity index (χ4n) is 0.754. The maximum atomic E-state index is 10.9. The Bertz CT molecular complexity index is 199. The van der Waals surface area contributed by atoms with E-state index in [0.29, 0.717) is 18.6 Å². The average molecular weight is 220 g/mol. The molecule has 82 valence electrons. The van der Waals surface area contributed by atoms with Crippen LogP contribution in [0.5, 0.6) is 0 Å². The van der Waals surface area contributed by atoms with Crippen LogP contribution in [0.1, 0.15) is 12.8 Å². The second kappa shape index (κ2) is 7.64. The number of nitrogens with two attached hydrogens (primary N) is 2. The molecule has 14 heavy (non-hydrogen) atoms. The van der Waals surface area contributed by atoms with Crippen LogP contribution in [0.15, 0.2) is 0 Å². The minimum Gasteiger partial charge on any atom is -0.468 e. The van der Waals surface area contributed by atoms with Crippen LogP contribution in [0.3, 0.4) is 0 Å². The summed E-state index contributed by atoms with van der Waals surface area (Å²) in [6, 6.07) is -0.568. The Morgan fingerprint density at radius 3 is 2.57 bits per heavy atom. The zero-order chi connectivity index (χ0) is 11.0. The molecule has 6 heteroatoms. The van der Waals surface area contributed by atoms with Crippen molar-refractivity contribution in [3.63, 3.8) is 0 Å². The molecule has 0 aromatic carbocycles. The number of primary amides is 1. The molecule has 1 atom stereocenters. The quantitative estimate of drug-likeness (QED) is 0.445. The SMILES string of the molecule is COC(=O)C(N)CCSCCC(N)=O. The van der Waals surface area contributed by atoms with Crippen LogP contribution in [0.2, 0.25) is 0 Å². The number of esters is 1. The molecule has 0 saturated carbocycles. The van der Waals surface area contributed by atoms with Crippen LogP contribution in [0.25, 0.3) is 0 Å². The second-order valence-electron chi connectivity index (χ2n) is 2.75. The summed E-state index contributed by atoms with van der Waals surface area (Å²) in [5, 5.41) is 0. The standard InChI is InChI=1S/C8H16N2O3S/c1-13-8(12)6(9)2-4-14-5-3-7(10)11/h6H,2-5,9H2,1H3,(H2,10,11). The van der Waals surface area contributed by atoms with Crippen LogP contribution in [0.4, 0.5) is 0 Å². The van der Waals surface area contributed by atoms with E-state index in [1.807, 2.05) is 0 Å². The van der Waals surface area contributed by atoms with Gasteiger partial charge in [-0.1, -0.05) is 0 Å². The third kappa shape index (κ3) is 6.73. The Hall–Kier alpha value is -0.750. The predicted octanol–water partition coefficient (Wildman–Crippen LogP) is -0.515. The fraction of sp³-hybridized carbons (Fsp3) is 0.750. The molecular weight excluding hydrogens is 204 g/mol. The summed E-state index contributed by atoms with van der Waals surface area (Å²) < 4.78 is 4.46. The number of hydrogen-bond acceptors (Lipinski definition) is 5. The molecule has 0 aromatic heterocycles. The van der Waals surface area contributed by atoms with Crippen molar-refractivity contribution in [2.24, 2.45) is 11.5 Å². The lowest BCUT2D eigenvalue weighted by Gasteiger charge is -2.07. The van der Waals surface area contributed by atoms with Gasteiger partial charge in [0.25, 0.3) is 0 Å². The Balaban J connectivity index is 3.36. The van der Waals surface area contributed by atoms with E-state index in [2.05, 4.69) is 4.74 Å². The monoisotopic (exact) mass is 220 g/mol. The number of methoxy groups -OCH3 is 1. The molecule has 4 N–H and O–H groups in total. The predicted molar refractivity (Wildman–Crippen MR) is 55.7 cm³/mol. The van der Waals surface area contributed by atoms with Gasteiger partial charge in [0.15, 0.2) is 0 Å². The van der Waals surface area contributed by atoms with Crippen molar-refractivity contribution in [1.82, 2.24) is 0 Å². The van der Waals surface area contributed by atoms with Crippen molar-refractivity contribution in [2.45, 2.75) is 18.9 Å². The van der Waals surface area contributed by atoms with Gasteiger partial charge in [0.05, 0.1) is 7.11 Å². The van der Waals surface area contributed by atoms with Crippen molar-refractivity contribution in [3.05, 3.63) is 0 Å². The Labute approximate surface area is 87.5 Å². The molecule has 0 radical (unpaired) electrons. The van der Waals surface area contributed by atoms with Gasteiger partial charge < -0.3 is 16.2 Å². The number of carbonyl (C=O) groups is 2. The molecule has 0 aliphatic rings. The highest BCUT2D eigenvalue weighted by atomic mass is 32.2. The molecule has 0 aromatic rings. The zero-order valence-corrected chi connectivity index (χ0v) is 9.01. The molecule has 0 spiro atoms. The van der Waals surface area contributed by atoms with E-state index in [-0.39, 0.29) is 5.91 Å². The second-order valence-corrected chi connectivity index (χ2v) is 3.97. The molecule has 0 aliphatic heterocycles. The van der Waals surface area contributed by atoms with E-state index in [1.54, 1.807) is 11.8 Å². The van der Waals surface area contributed by atoms with Gasteiger partial charge in [-0.3, -0.25) is 9.59 Å². The molecule has 0 aliphatic carbocycles. The van der Waals surface area contributed by atoms with Gasteiger partial charge in [0.1, 0.15) is 6.04 Å². The van der Waals surface area contributed by atoms with E-state index in [0.717, 1.165) is 5.75 Å². The molecule has 0 heterocycles. The summed E-state index contributed by atoms with van der Waals surface area (Å²) in [7, 11) is 1.31. The average Bonchev–Trinajstić information content (AvgIpc) is 2.15. The molecule has 0 saturated heterocycles. The Kier molecular flexibility index (Phi) is 7.23. The van der Waals surface area contributed by atoms with E-state index < -0.39 is 12.0 Å². The van der Waals surface area contributed by atoms with Crippen LogP contribution in [-0.4, -0.2) is 36.5 Å². The number of rotatable bonds is 7. The largest absolute Gasteiger partial charge is 0.468 e. The Morgan fingerprint density at radius 1 is 1.43 bits per heavy atom. The van der Waals surface area contributed by atoms with Gasteiger partial charge in [0, 0.05) is 12.2 Å². The highest BCUT2D eigenvalue weighted by Crippen LogP contribution is 2.06. The molecule has 0 fully saturated rings. The minimum absolute atomic E-state index is 0.310. The third-order valence-electron chi connectivity index (χ3n) is 1.57. The van der Waals surface area contributed by atoms with Crippen LogP contribution in [0, 0.1) is 0 Å². The number of carbonyl (C=O) groups excluding carboxylic acids is 2. The van der Waals surface area contributed by atoms with E-state index in [9.17, 15) is 9.59 Å². The van der Waals surface area contributed by atoms with Gasteiger partial charge in [0.2, 0.25) is 5.91 Å². The first-order valence-electron chi connectivity index (χ1n) is 4.27. The van der Waals surface area contributed by atoms with E-state index in [1.165, 1.54) is 7.11 Å². The summed E-state index contributed by atoms with van der Waals surface area (Å²) >= 11 is 1.55. The first kappa shape index (κ1) is 13.2. The minimum atomic E-state index is -0.568. The summed E-state index contributed by atoms with van der Waals surface area (Å²) in [5.74, 6) is 0.683. The van der Waals surface area contributed by atoms with E-state index >= 15 is 0 Å². The third-order valence-corrected chi connectivity index (χ3v) is 2.59. The highest BCUT2D eigenvalue weighted by molar-refractivity contribution is 7.99. The molecule has 1 unspecified atom stereocenters. The fourth-order valence-corrected chi connectivity index (χ4v) is 1.72. The van der Waals surface area contributed by atoms with Crippen LogP contribution in [-0.2, 0) is 14.3 Å². The summed E-state index contributed by atoms with van der Waals surface area (Å²) in [5.41, 5.74) is 10.4. The molecular formula is C8H16N2O3S. The lowest BCUT2D eigenvalue weighted by atomic mass is 10.2. The summed E-state index contributed by atoms with van der Waals surface area (Å²) in [4.78, 5) is 21.2. The molecule has 0 rings (SSSR count). The highest BCUT2D eigenvalue weighted by Gasteiger charge is 2.12.